The Labute approximate surface area is 91.6 Å². The van der Waals surface area contributed by atoms with E-state index in [0.717, 1.165) is 12.1 Å². The number of nitrogens with one attached hydrogen (secondary N) is 1. The van der Waals surface area contributed by atoms with Crippen LogP contribution in [0.2, 0.25) is 0 Å². The second kappa shape index (κ2) is 4.90. The predicted molar refractivity (Wildman–Crippen MR) is 56.7 cm³/mol. The van der Waals surface area contributed by atoms with Crippen LogP contribution in [0, 0.1) is 11.8 Å². The van der Waals surface area contributed by atoms with E-state index in [9.17, 15) is 13.2 Å². The first-order valence-corrected chi connectivity index (χ1v) is 4.54. The lowest BCUT2D eigenvalue weighted by Gasteiger charge is -2.07. The Morgan fingerprint density at radius 1 is 1.31 bits per heavy atom. The summed E-state index contributed by atoms with van der Waals surface area (Å²) < 4.78 is 37.3. The molecule has 0 aliphatic rings. The van der Waals surface area contributed by atoms with Crippen molar-refractivity contribution in [3.05, 3.63) is 29.3 Å². The van der Waals surface area contributed by atoms with Crippen molar-refractivity contribution in [1.82, 2.24) is 5.32 Å². The lowest BCUT2D eigenvalue weighted by molar-refractivity contribution is -0.137. The number of halogens is 3. The molecule has 1 rings (SSSR count). The Morgan fingerprint density at radius 2 is 2.00 bits per heavy atom. The van der Waals surface area contributed by atoms with E-state index in [0.29, 0.717) is 6.54 Å². The van der Waals surface area contributed by atoms with E-state index < -0.39 is 11.7 Å². The fourth-order valence-electron chi connectivity index (χ4n) is 1.12. The highest BCUT2D eigenvalue weighted by Gasteiger charge is 2.30. The highest BCUT2D eigenvalue weighted by atomic mass is 19.4. The molecule has 0 spiro atoms. The molecule has 2 nitrogen and oxygen atoms in total. The molecule has 0 saturated heterocycles. The van der Waals surface area contributed by atoms with Crippen molar-refractivity contribution in [3.63, 3.8) is 0 Å². The maximum atomic E-state index is 12.4. The molecular formula is C11H11F3N2. The van der Waals surface area contributed by atoms with E-state index in [2.05, 4.69) is 17.2 Å². The number of alkyl halides is 3. The molecule has 1 aromatic rings. The third kappa shape index (κ3) is 3.48. The zero-order chi connectivity index (χ0) is 12.2. The number of hydrogen-bond donors (Lipinski definition) is 2. The standard InChI is InChI=1S/C11H11F3N2/c1-16-4-2-3-8-5-9(11(12,13)14)7-10(15)6-8/h5-7,16H,4,15H2,1H3. The van der Waals surface area contributed by atoms with Crippen molar-refractivity contribution in [3.8, 4) is 11.8 Å². The quantitative estimate of drug-likeness (QED) is 0.568. The van der Waals surface area contributed by atoms with E-state index in [-0.39, 0.29) is 11.3 Å². The molecular weight excluding hydrogens is 217 g/mol. The van der Waals surface area contributed by atoms with E-state index in [1.54, 1.807) is 7.05 Å². The average Bonchev–Trinajstić information content (AvgIpc) is 2.16. The van der Waals surface area contributed by atoms with Crippen molar-refractivity contribution < 1.29 is 13.2 Å². The number of anilines is 1. The maximum absolute atomic E-state index is 12.4. The minimum Gasteiger partial charge on any atom is -0.399 e. The summed E-state index contributed by atoms with van der Waals surface area (Å²) in [5.41, 5.74) is 4.93. The predicted octanol–water partition coefficient (Wildman–Crippen LogP) is 1.86. The summed E-state index contributed by atoms with van der Waals surface area (Å²) in [6.07, 6.45) is -4.39. The number of hydrogen-bond acceptors (Lipinski definition) is 2. The molecule has 5 heteroatoms. The molecule has 0 fully saturated rings. The van der Waals surface area contributed by atoms with Crippen LogP contribution < -0.4 is 11.1 Å². The maximum Gasteiger partial charge on any atom is 0.416 e. The zero-order valence-electron chi connectivity index (χ0n) is 8.65. The summed E-state index contributed by atoms with van der Waals surface area (Å²) in [6.45, 7) is 0.413. The van der Waals surface area contributed by atoms with Gasteiger partial charge in [0.15, 0.2) is 0 Å². The Kier molecular flexibility index (Phi) is 3.80. The topological polar surface area (TPSA) is 38.0 Å². The molecule has 0 radical (unpaired) electrons. The van der Waals surface area contributed by atoms with Gasteiger partial charge in [-0.1, -0.05) is 11.8 Å². The van der Waals surface area contributed by atoms with Gasteiger partial charge in [0.05, 0.1) is 12.1 Å². The van der Waals surface area contributed by atoms with Gasteiger partial charge in [0.1, 0.15) is 0 Å². The SMILES string of the molecule is CNCC#Cc1cc(N)cc(C(F)(F)F)c1. The lowest BCUT2D eigenvalue weighted by Crippen LogP contribution is -2.06. The first kappa shape index (κ1) is 12.4. The Balaban J connectivity index is 3.05. The summed E-state index contributed by atoms with van der Waals surface area (Å²) >= 11 is 0. The monoisotopic (exact) mass is 228 g/mol. The highest BCUT2D eigenvalue weighted by Crippen LogP contribution is 2.31. The van der Waals surface area contributed by atoms with Gasteiger partial charge >= 0.3 is 6.18 Å². The zero-order valence-corrected chi connectivity index (χ0v) is 8.65. The Bertz CT molecular complexity index is 427. The van der Waals surface area contributed by atoms with Crippen molar-refractivity contribution in [2.75, 3.05) is 19.3 Å². The van der Waals surface area contributed by atoms with Crippen LogP contribution in [0.1, 0.15) is 11.1 Å². The molecule has 0 aliphatic carbocycles. The number of benzene rings is 1. The third-order valence-corrected chi connectivity index (χ3v) is 1.78. The van der Waals surface area contributed by atoms with Gasteiger partial charge in [-0.05, 0) is 25.2 Å². The van der Waals surface area contributed by atoms with Crippen molar-refractivity contribution in [1.29, 1.82) is 0 Å². The van der Waals surface area contributed by atoms with Crippen LogP contribution in [-0.2, 0) is 6.18 Å². The van der Waals surface area contributed by atoms with Gasteiger partial charge in [0.25, 0.3) is 0 Å². The first-order valence-electron chi connectivity index (χ1n) is 4.54. The van der Waals surface area contributed by atoms with E-state index >= 15 is 0 Å². The van der Waals surface area contributed by atoms with Crippen molar-refractivity contribution in [2.45, 2.75) is 6.18 Å². The van der Waals surface area contributed by atoms with Crippen LogP contribution in [-0.4, -0.2) is 13.6 Å². The van der Waals surface area contributed by atoms with Gasteiger partial charge in [0, 0.05) is 11.3 Å². The van der Waals surface area contributed by atoms with Crippen LogP contribution in [0.3, 0.4) is 0 Å². The van der Waals surface area contributed by atoms with Crippen LogP contribution in [0.25, 0.3) is 0 Å². The minimum absolute atomic E-state index is 0.0589. The molecule has 0 aliphatic heterocycles. The minimum atomic E-state index is -4.39. The normalized spacial score (nSPS) is 10.8. The summed E-state index contributed by atoms with van der Waals surface area (Å²) in [5, 5.41) is 2.77. The fraction of sp³-hybridized carbons (Fsp3) is 0.273. The number of nitrogen functional groups attached to an aromatic ring is 1. The van der Waals surface area contributed by atoms with Gasteiger partial charge in [-0.15, -0.1) is 0 Å². The summed E-state index contributed by atoms with van der Waals surface area (Å²) in [7, 11) is 1.70. The molecule has 0 saturated carbocycles. The fourth-order valence-corrected chi connectivity index (χ4v) is 1.12. The molecule has 3 N–H and O–H groups in total. The first-order chi connectivity index (χ1) is 7.43. The Morgan fingerprint density at radius 3 is 2.56 bits per heavy atom. The molecule has 0 aromatic heterocycles. The molecule has 0 heterocycles. The van der Waals surface area contributed by atoms with E-state index in [1.807, 2.05) is 0 Å². The molecule has 1 aromatic carbocycles. The van der Waals surface area contributed by atoms with Gasteiger partial charge in [-0.25, -0.2) is 0 Å². The lowest BCUT2D eigenvalue weighted by atomic mass is 10.1. The highest BCUT2D eigenvalue weighted by molar-refractivity contribution is 5.51. The van der Waals surface area contributed by atoms with Gasteiger partial charge in [-0.2, -0.15) is 13.2 Å². The summed E-state index contributed by atoms with van der Waals surface area (Å²) in [5.74, 6) is 5.28. The van der Waals surface area contributed by atoms with Crippen molar-refractivity contribution >= 4 is 5.69 Å². The largest absolute Gasteiger partial charge is 0.416 e. The molecule has 0 atom stereocenters. The second-order valence-corrected chi connectivity index (χ2v) is 3.17. The van der Waals surface area contributed by atoms with Crippen LogP contribution in [0.5, 0.6) is 0 Å². The molecule has 0 amide bonds. The van der Waals surface area contributed by atoms with Crippen molar-refractivity contribution in [2.24, 2.45) is 0 Å². The van der Waals surface area contributed by atoms with Gasteiger partial charge in [-0.3, -0.25) is 0 Å². The number of rotatable bonds is 1. The molecule has 0 unspecified atom stereocenters. The second-order valence-electron chi connectivity index (χ2n) is 3.17. The third-order valence-electron chi connectivity index (χ3n) is 1.78. The summed E-state index contributed by atoms with van der Waals surface area (Å²) in [6, 6.07) is 3.29. The van der Waals surface area contributed by atoms with Crippen LogP contribution in [0.4, 0.5) is 18.9 Å². The van der Waals surface area contributed by atoms with Crippen LogP contribution in [0.15, 0.2) is 18.2 Å². The van der Waals surface area contributed by atoms with Gasteiger partial charge in [0.2, 0.25) is 0 Å². The van der Waals surface area contributed by atoms with Crippen LogP contribution >= 0.6 is 0 Å². The Hall–Kier alpha value is -1.67. The smallest absolute Gasteiger partial charge is 0.399 e. The van der Waals surface area contributed by atoms with E-state index in [4.69, 9.17) is 5.73 Å². The van der Waals surface area contributed by atoms with E-state index in [1.165, 1.54) is 6.07 Å². The summed E-state index contributed by atoms with van der Waals surface area (Å²) in [4.78, 5) is 0. The molecule has 86 valence electrons. The molecule has 16 heavy (non-hydrogen) atoms. The number of nitrogens with two attached hydrogens (primary N) is 1. The molecule has 0 bridgehead atoms. The van der Waals surface area contributed by atoms with Gasteiger partial charge < -0.3 is 11.1 Å². The average molecular weight is 228 g/mol.